The van der Waals surface area contributed by atoms with Crippen molar-refractivity contribution in [3.63, 3.8) is 0 Å². The highest BCUT2D eigenvalue weighted by atomic mass is 16.6. The molecule has 4 saturated heterocycles. The van der Waals surface area contributed by atoms with Crippen LogP contribution in [0.1, 0.15) is 89.9 Å². The molecular weight excluding hydrogens is 572 g/mol. The normalized spacial score (nSPS) is 51.7. The van der Waals surface area contributed by atoms with Crippen molar-refractivity contribution in [1.82, 2.24) is 0 Å². The van der Waals surface area contributed by atoms with E-state index in [1.165, 1.54) is 64.2 Å². The monoisotopic (exact) mass is 630 g/mol. The fourth-order valence-corrected chi connectivity index (χ4v) is 11.8. The SMILES string of the molecule is C1CCC2C(C1)C1CCCCC1C2(C1CCC(OCC2CO2)C(OCC2CO2)C1)C1CCC(OCC2CO2)C(OCC2CO2)C1. The van der Waals surface area contributed by atoms with Gasteiger partial charge in [-0.25, -0.2) is 0 Å². The molecule has 0 amide bonds. The summed E-state index contributed by atoms with van der Waals surface area (Å²) in [4.78, 5) is 0. The summed E-state index contributed by atoms with van der Waals surface area (Å²) in [6.07, 6.45) is 20.4. The van der Waals surface area contributed by atoms with Gasteiger partial charge < -0.3 is 37.9 Å². The predicted octanol–water partition coefficient (Wildman–Crippen LogP) is 5.34. The van der Waals surface area contributed by atoms with Crippen LogP contribution in [0.3, 0.4) is 0 Å². The van der Waals surface area contributed by atoms with E-state index in [1.54, 1.807) is 0 Å². The molecule has 5 aliphatic carbocycles. The van der Waals surface area contributed by atoms with Crippen LogP contribution in [0.25, 0.3) is 0 Å². The lowest BCUT2D eigenvalue weighted by Crippen LogP contribution is -2.55. The average molecular weight is 631 g/mol. The van der Waals surface area contributed by atoms with Crippen molar-refractivity contribution >= 4 is 0 Å². The lowest BCUT2D eigenvalue weighted by atomic mass is 9.48. The minimum absolute atomic E-state index is 0.158. The second-order valence-corrected chi connectivity index (χ2v) is 16.4. The van der Waals surface area contributed by atoms with Crippen molar-refractivity contribution < 1.29 is 37.9 Å². The van der Waals surface area contributed by atoms with Crippen molar-refractivity contribution in [2.75, 3.05) is 52.9 Å². The third-order valence-corrected chi connectivity index (χ3v) is 13.9. The van der Waals surface area contributed by atoms with Gasteiger partial charge in [-0.05, 0) is 105 Å². The Hall–Kier alpha value is -0.320. The van der Waals surface area contributed by atoms with Crippen LogP contribution in [0, 0.1) is 40.9 Å². The summed E-state index contributed by atoms with van der Waals surface area (Å²) in [6.45, 7) is 6.26. The van der Waals surface area contributed by atoms with Gasteiger partial charge in [0.25, 0.3) is 0 Å². The molecule has 4 heterocycles. The van der Waals surface area contributed by atoms with Gasteiger partial charge in [0.15, 0.2) is 0 Å². The quantitative estimate of drug-likeness (QED) is 0.238. The first kappa shape index (κ1) is 30.7. The molecule has 254 valence electrons. The maximum absolute atomic E-state index is 6.78. The third-order valence-electron chi connectivity index (χ3n) is 13.9. The number of fused-ring (bicyclic) bond motifs is 3. The Bertz CT molecular complexity index is 915. The van der Waals surface area contributed by atoms with Gasteiger partial charge in [0.2, 0.25) is 0 Å². The number of hydrogen-bond acceptors (Lipinski definition) is 8. The van der Waals surface area contributed by atoms with E-state index in [0.29, 0.717) is 42.7 Å². The summed E-state index contributed by atoms with van der Waals surface area (Å²) in [6, 6.07) is 0. The molecule has 0 bridgehead atoms. The van der Waals surface area contributed by atoms with E-state index < -0.39 is 0 Å². The highest BCUT2D eigenvalue weighted by molar-refractivity contribution is 5.15. The Kier molecular flexibility index (Phi) is 9.00. The molecule has 9 fully saturated rings. The molecule has 8 heteroatoms. The summed E-state index contributed by atoms with van der Waals surface area (Å²) < 4.78 is 48.9. The van der Waals surface area contributed by atoms with Gasteiger partial charge in [0.05, 0.1) is 77.3 Å². The van der Waals surface area contributed by atoms with Gasteiger partial charge in [0.1, 0.15) is 24.4 Å². The second-order valence-electron chi connectivity index (χ2n) is 16.4. The molecule has 14 unspecified atom stereocenters. The largest absolute Gasteiger partial charge is 0.373 e. The Morgan fingerprint density at radius 1 is 0.422 bits per heavy atom. The molecule has 0 aromatic heterocycles. The zero-order chi connectivity index (χ0) is 29.8. The van der Waals surface area contributed by atoms with Crippen LogP contribution in [0.2, 0.25) is 0 Å². The van der Waals surface area contributed by atoms with E-state index in [9.17, 15) is 0 Å². The van der Waals surface area contributed by atoms with Crippen LogP contribution in [0.4, 0.5) is 0 Å². The van der Waals surface area contributed by atoms with Crippen molar-refractivity contribution in [3.05, 3.63) is 0 Å². The predicted molar refractivity (Wildman–Crippen MR) is 166 cm³/mol. The summed E-state index contributed by atoms with van der Waals surface area (Å²) >= 11 is 0. The van der Waals surface area contributed by atoms with Crippen LogP contribution in [0.15, 0.2) is 0 Å². The van der Waals surface area contributed by atoms with Gasteiger partial charge in [-0.2, -0.15) is 0 Å². The van der Waals surface area contributed by atoms with E-state index in [-0.39, 0.29) is 36.6 Å². The van der Waals surface area contributed by atoms with E-state index in [0.717, 1.165) is 89.0 Å². The van der Waals surface area contributed by atoms with Crippen molar-refractivity contribution in [3.8, 4) is 0 Å². The molecule has 0 radical (unpaired) electrons. The summed E-state index contributed by atoms with van der Waals surface area (Å²) in [5, 5.41) is 0. The molecule has 8 nitrogen and oxygen atoms in total. The summed E-state index contributed by atoms with van der Waals surface area (Å²) in [5.41, 5.74) is 0.376. The molecule has 45 heavy (non-hydrogen) atoms. The van der Waals surface area contributed by atoms with Gasteiger partial charge in [-0.1, -0.05) is 25.7 Å². The molecule has 9 aliphatic rings. The lowest BCUT2D eigenvalue weighted by Gasteiger charge is -2.58. The first-order valence-electron chi connectivity index (χ1n) is 19.2. The smallest absolute Gasteiger partial charge is 0.104 e. The Morgan fingerprint density at radius 2 is 0.778 bits per heavy atom. The molecule has 5 saturated carbocycles. The molecule has 0 spiro atoms. The van der Waals surface area contributed by atoms with Gasteiger partial charge >= 0.3 is 0 Å². The average Bonchev–Trinajstić information content (AvgIpc) is 3.88. The lowest BCUT2D eigenvalue weighted by molar-refractivity contribution is -0.169. The number of hydrogen-bond donors (Lipinski definition) is 0. The standard InChI is InChI=1S/C37H58O8/c1-3-7-31-29(5-1)30-6-2-4-8-32(30)37(31,23-9-11-33(42-19-25-15-38-25)35(13-23)44-21-27-17-40-27)24-10-12-34(43-20-26-16-39-26)36(14-24)45-22-28-18-41-28/h23-36H,1-22H2. The minimum Gasteiger partial charge on any atom is -0.373 e. The van der Waals surface area contributed by atoms with Crippen LogP contribution in [-0.4, -0.2) is 102 Å². The second kappa shape index (κ2) is 13.2. The van der Waals surface area contributed by atoms with E-state index in [4.69, 9.17) is 37.9 Å². The first-order chi connectivity index (χ1) is 22.3. The zero-order valence-corrected chi connectivity index (χ0v) is 27.4. The van der Waals surface area contributed by atoms with Crippen molar-refractivity contribution in [1.29, 1.82) is 0 Å². The van der Waals surface area contributed by atoms with Gasteiger partial charge in [0, 0.05) is 0 Å². The fourth-order valence-electron chi connectivity index (χ4n) is 11.8. The topological polar surface area (TPSA) is 87.0 Å². The molecule has 0 aromatic carbocycles. The molecular formula is C37H58O8. The Labute approximate surface area is 270 Å². The van der Waals surface area contributed by atoms with Crippen LogP contribution in [0.5, 0.6) is 0 Å². The molecule has 4 aliphatic heterocycles. The summed E-state index contributed by atoms with van der Waals surface area (Å²) in [7, 11) is 0. The number of epoxide rings is 4. The third kappa shape index (κ3) is 6.54. The maximum Gasteiger partial charge on any atom is 0.104 e. The van der Waals surface area contributed by atoms with Gasteiger partial charge in [-0.3, -0.25) is 0 Å². The Balaban J connectivity index is 1.02. The Morgan fingerprint density at radius 3 is 1.16 bits per heavy atom. The number of rotatable bonds is 14. The van der Waals surface area contributed by atoms with E-state index in [2.05, 4.69) is 0 Å². The fraction of sp³-hybridized carbons (Fsp3) is 1.00. The molecule has 0 aromatic rings. The first-order valence-corrected chi connectivity index (χ1v) is 19.2. The molecule has 9 rings (SSSR count). The highest BCUT2D eigenvalue weighted by Gasteiger charge is 2.66. The molecule has 14 atom stereocenters. The minimum atomic E-state index is 0.158. The van der Waals surface area contributed by atoms with Crippen LogP contribution < -0.4 is 0 Å². The van der Waals surface area contributed by atoms with Crippen LogP contribution >= 0.6 is 0 Å². The van der Waals surface area contributed by atoms with Crippen molar-refractivity contribution in [2.24, 2.45) is 40.9 Å². The zero-order valence-electron chi connectivity index (χ0n) is 27.4. The van der Waals surface area contributed by atoms with E-state index >= 15 is 0 Å². The van der Waals surface area contributed by atoms with Crippen molar-refractivity contribution in [2.45, 2.75) is 139 Å². The summed E-state index contributed by atoms with van der Waals surface area (Å²) in [5.74, 6) is 4.92. The molecule has 0 N–H and O–H groups in total. The highest BCUT2D eigenvalue weighted by Crippen LogP contribution is 2.72. The number of ether oxygens (including phenoxy) is 8. The van der Waals surface area contributed by atoms with Gasteiger partial charge in [-0.15, -0.1) is 0 Å². The van der Waals surface area contributed by atoms with Crippen LogP contribution in [-0.2, 0) is 37.9 Å². The van der Waals surface area contributed by atoms with E-state index in [1.807, 2.05) is 0 Å². The maximum atomic E-state index is 6.78.